The minimum absolute atomic E-state index is 0.480. The third kappa shape index (κ3) is 4.67. The van der Waals surface area contributed by atoms with Gasteiger partial charge < -0.3 is 15.0 Å². The predicted molar refractivity (Wildman–Crippen MR) is 78.4 cm³/mol. The van der Waals surface area contributed by atoms with Crippen molar-refractivity contribution in [3.05, 3.63) is 29.8 Å². The van der Waals surface area contributed by atoms with Crippen molar-refractivity contribution < 1.29 is 4.74 Å². The van der Waals surface area contributed by atoms with Gasteiger partial charge in [-0.25, -0.2) is 0 Å². The fourth-order valence-electron chi connectivity index (χ4n) is 2.15. The molecule has 0 heterocycles. The zero-order valence-electron chi connectivity index (χ0n) is 12.1. The van der Waals surface area contributed by atoms with Gasteiger partial charge in [0.05, 0.1) is 6.61 Å². The smallest absolute Gasteiger partial charge is 0.0587 e. The van der Waals surface area contributed by atoms with Gasteiger partial charge in [-0.2, -0.15) is 0 Å². The molecule has 0 aliphatic heterocycles. The molecule has 0 saturated carbocycles. The molecule has 3 nitrogen and oxygen atoms in total. The van der Waals surface area contributed by atoms with Gasteiger partial charge in [0.2, 0.25) is 0 Å². The summed E-state index contributed by atoms with van der Waals surface area (Å²) in [5.41, 5.74) is 2.61. The van der Waals surface area contributed by atoms with Crippen molar-refractivity contribution in [2.45, 2.75) is 26.8 Å². The highest BCUT2D eigenvalue weighted by Gasteiger charge is 2.12. The third-order valence-corrected chi connectivity index (χ3v) is 3.13. The molecule has 3 heteroatoms. The Balaban J connectivity index is 2.54. The lowest BCUT2D eigenvalue weighted by Gasteiger charge is -2.30. The Kier molecular flexibility index (Phi) is 6.76. The van der Waals surface area contributed by atoms with E-state index in [0.29, 0.717) is 6.04 Å². The van der Waals surface area contributed by atoms with Gasteiger partial charge in [-0.3, -0.25) is 0 Å². The van der Waals surface area contributed by atoms with Crippen LogP contribution in [0.15, 0.2) is 24.3 Å². The Morgan fingerprint density at radius 3 is 2.78 bits per heavy atom. The second-order valence-electron chi connectivity index (χ2n) is 4.67. The number of hydrogen-bond donors (Lipinski definition) is 1. The Labute approximate surface area is 111 Å². The molecule has 0 fully saturated rings. The van der Waals surface area contributed by atoms with Crippen LogP contribution >= 0.6 is 0 Å². The molecule has 0 aromatic heterocycles. The Bertz CT molecular complexity index is 341. The zero-order valence-corrected chi connectivity index (χ0v) is 12.1. The van der Waals surface area contributed by atoms with E-state index in [0.717, 1.165) is 26.2 Å². The maximum absolute atomic E-state index is 5.03. The van der Waals surface area contributed by atoms with E-state index in [4.69, 9.17) is 4.74 Å². The lowest BCUT2D eigenvalue weighted by Crippen LogP contribution is -2.41. The molecule has 0 radical (unpaired) electrons. The number of ether oxygens (including phenoxy) is 1. The maximum Gasteiger partial charge on any atom is 0.0587 e. The Morgan fingerprint density at radius 1 is 1.39 bits per heavy atom. The number of anilines is 1. The minimum Gasteiger partial charge on any atom is -0.383 e. The second-order valence-corrected chi connectivity index (χ2v) is 4.67. The van der Waals surface area contributed by atoms with Crippen LogP contribution < -0.4 is 10.2 Å². The molecule has 0 aliphatic rings. The number of nitrogens with zero attached hydrogens (tertiary/aromatic N) is 1. The number of aryl methyl sites for hydroxylation is 1. The summed E-state index contributed by atoms with van der Waals surface area (Å²) >= 11 is 0. The van der Waals surface area contributed by atoms with Crippen LogP contribution in [0.25, 0.3) is 0 Å². The summed E-state index contributed by atoms with van der Waals surface area (Å²) in [6.07, 6.45) is 0. The van der Waals surface area contributed by atoms with E-state index in [1.165, 1.54) is 11.3 Å². The van der Waals surface area contributed by atoms with Crippen molar-refractivity contribution in [2.75, 3.05) is 38.3 Å². The highest BCUT2D eigenvalue weighted by molar-refractivity contribution is 5.49. The molecule has 1 rings (SSSR count). The van der Waals surface area contributed by atoms with Crippen molar-refractivity contribution in [1.29, 1.82) is 0 Å². The monoisotopic (exact) mass is 250 g/mol. The van der Waals surface area contributed by atoms with Crippen molar-refractivity contribution in [3.8, 4) is 0 Å². The standard InChI is InChI=1S/C15H26N2O/c1-5-17(14(3)12-16-9-10-18-4)15-8-6-7-13(2)11-15/h6-8,11,14,16H,5,9-10,12H2,1-4H3. The van der Waals surface area contributed by atoms with E-state index in [9.17, 15) is 0 Å². The molecule has 0 amide bonds. The molecule has 1 atom stereocenters. The largest absolute Gasteiger partial charge is 0.383 e. The van der Waals surface area contributed by atoms with Gasteiger partial charge in [0.25, 0.3) is 0 Å². The molecule has 0 saturated heterocycles. The van der Waals surface area contributed by atoms with Crippen LogP contribution in [0.1, 0.15) is 19.4 Å². The van der Waals surface area contributed by atoms with Crippen LogP contribution in [0.2, 0.25) is 0 Å². The summed E-state index contributed by atoms with van der Waals surface area (Å²) in [5.74, 6) is 0. The normalized spacial score (nSPS) is 12.4. The summed E-state index contributed by atoms with van der Waals surface area (Å²) in [5, 5.41) is 3.42. The maximum atomic E-state index is 5.03. The number of rotatable bonds is 8. The van der Waals surface area contributed by atoms with E-state index in [-0.39, 0.29) is 0 Å². The first-order valence-corrected chi connectivity index (χ1v) is 6.72. The van der Waals surface area contributed by atoms with Crippen molar-refractivity contribution in [1.82, 2.24) is 5.32 Å². The molecule has 1 aromatic carbocycles. The first-order valence-electron chi connectivity index (χ1n) is 6.72. The van der Waals surface area contributed by atoms with Crippen LogP contribution in [0, 0.1) is 6.92 Å². The van der Waals surface area contributed by atoms with Gasteiger partial charge in [0.1, 0.15) is 0 Å². The molecule has 0 bridgehead atoms. The van der Waals surface area contributed by atoms with Gasteiger partial charge >= 0.3 is 0 Å². The zero-order chi connectivity index (χ0) is 13.4. The summed E-state index contributed by atoms with van der Waals surface area (Å²) in [6, 6.07) is 9.17. The number of likely N-dealkylation sites (N-methyl/N-ethyl adjacent to an activating group) is 1. The fraction of sp³-hybridized carbons (Fsp3) is 0.600. The van der Waals surface area contributed by atoms with Crippen LogP contribution in [-0.2, 0) is 4.74 Å². The number of methoxy groups -OCH3 is 1. The highest BCUT2D eigenvalue weighted by Crippen LogP contribution is 2.17. The number of nitrogens with one attached hydrogen (secondary N) is 1. The lowest BCUT2D eigenvalue weighted by atomic mass is 10.1. The SMILES string of the molecule is CCN(c1cccc(C)c1)C(C)CNCCOC. The molecule has 1 aromatic rings. The van der Waals surface area contributed by atoms with Crippen LogP contribution in [0.5, 0.6) is 0 Å². The molecule has 1 N–H and O–H groups in total. The Morgan fingerprint density at radius 2 is 2.17 bits per heavy atom. The molecular weight excluding hydrogens is 224 g/mol. The molecule has 18 heavy (non-hydrogen) atoms. The van der Waals surface area contributed by atoms with Crippen LogP contribution in [0.3, 0.4) is 0 Å². The van der Waals surface area contributed by atoms with E-state index in [1.807, 2.05) is 0 Å². The van der Waals surface area contributed by atoms with Gasteiger partial charge in [-0.1, -0.05) is 12.1 Å². The average Bonchev–Trinajstić information content (AvgIpc) is 2.36. The minimum atomic E-state index is 0.480. The molecule has 0 spiro atoms. The molecule has 102 valence electrons. The lowest BCUT2D eigenvalue weighted by molar-refractivity contribution is 0.199. The second kappa shape index (κ2) is 8.11. The van der Waals surface area contributed by atoms with Gasteiger partial charge in [0.15, 0.2) is 0 Å². The topological polar surface area (TPSA) is 24.5 Å². The van der Waals surface area contributed by atoms with Crippen molar-refractivity contribution in [2.24, 2.45) is 0 Å². The van der Waals surface area contributed by atoms with Crippen LogP contribution in [-0.4, -0.2) is 39.4 Å². The molecule has 0 aliphatic carbocycles. The molecule has 1 unspecified atom stereocenters. The van der Waals surface area contributed by atoms with Gasteiger partial charge in [-0.05, 0) is 38.5 Å². The number of benzene rings is 1. The van der Waals surface area contributed by atoms with Crippen molar-refractivity contribution in [3.63, 3.8) is 0 Å². The summed E-state index contributed by atoms with van der Waals surface area (Å²) < 4.78 is 5.03. The Hall–Kier alpha value is -1.06. The van der Waals surface area contributed by atoms with E-state index >= 15 is 0 Å². The number of hydrogen-bond acceptors (Lipinski definition) is 3. The predicted octanol–water partition coefficient (Wildman–Crippen LogP) is 2.45. The van der Waals surface area contributed by atoms with E-state index < -0.39 is 0 Å². The highest BCUT2D eigenvalue weighted by atomic mass is 16.5. The van der Waals surface area contributed by atoms with Gasteiger partial charge in [0, 0.05) is 38.5 Å². The van der Waals surface area contributed by atoms with E-state index in [1.54, 1.807) is 7.11 Å². The first-order chi connectivity index (χ1) is 8.69. The molecular formula is C15H26N2O. The van der Waals surface area contributed by atoms with Crippen molar-refractivity contribution >= 4 is 5.69 Å². The average molecular weight is 250 g/mol. The third-order valence-electron chi connectivity index (χ3n) is 3.13. The van der Waals surface area contributed by atoms with Gasteiger partial charge in [-0.15, -0.1) is 0 Å². The quantitative estimate of drug-likeness (QED) is 0.717. The van der Waals surface area contributed by atoms with Crippen LogP contribution in [0.4, 0.5) is 5.69 Å². The summed E-state index contributed by atoms with van der Waals surface area (Å²) in [4.78, 5) is 2.42. The first kappa shape index (κ1) is 15.0. The fourth-order valence-corrected chi connectivity index (χ4v) is 2.15. The summed E-state index contributed by atoms with van der Waals surface area (Å²) in [6.45, 7) is 10.3. The van der Waals surface area contributed by atoms with E-state index in [2.05, 4.69) is 55.3 Å². The summed E-state index contributed by atoms with van der Waals surface area (Å²) in [7, 11) is 1.73.